The first-order valence-electron chi connectivity index (χ1n) is 8.78. The van der Waals surface area contributed by atoms with Crippen molar-refractivity contribution in [3.05, 3.63) is 28.2 Å². The Morgan fingerprint density at radius 2 is 1.92 bits per heavy atom. The minimum atomic E-state index is -0.735. The second kappa shape index (κ2) is 8.46. The molecule has 142 valence electrons. The number of carbonyl (C=O) groups excluding carboxylic acids is 2. The van der Waals surface area contributed by atoms with Crippen molar-refractivity contribution in [1.82, 2.24) is 10.6 Å². The first kappa shape index (κ1) is 19.3. The molecule has 0 aromatic heterocycles. The van der Waals surface area contributed by atoms with E-state index in [0.717, 1.165) is 19.3 Å². The standard InChI is InChI=1S/C18H22Cl2N2O4/c19-13-5-4-12(8-14(13)20)26-9-17(24)22-15-6-10(7-16(15)23)18(25)21-11-2-1-3-11/h4-5,8,10-11,15-16,23H,1-3,6-7,9H2,(H,21,25)(H,22,24)/t10-,15-,16-/m0/s1. The summed E-state index contributed by atoms with van der Waals surface area (Å²) in [5.74, 6) is -0.233. The average Bonchev–Trinajstić information content (AvgIpc) is 2.93. The SMILES string of the molecule is O=C(COc1ccc(Cl)c(Cl)c1)N[C@H]1C[C@H](C(=O)NC2CCC2)C[C@@H]1O. The lowest BCUT2D eigenvalue weighted by molar-refractivity contribution is -0.127. The summed E-state index contributed by atoms with van der Waals surface area (Å²) in [5, 5.41) is 16.6. The first-order chi connectivity index (χ1) is 12.4. The highest BCUT2D eigenvalue weighted by atomic mass is 35.5. The van der Waals surface area contributed by atoms with Crippen LogP contribution in [0.4, 0.5) is 0 Å². The van der Waals surface area contributed by atoms with Crippen LogP contribution in [0.5, 0.6) is 5.75 Å². The van der Waals surface area contributed by atoms with Gasteiger partial charge < -0.3 is 20.5 Å². The van der Waals surface area contributed by atoms with Gasteiger partial charge in [0.1, 0.15) is 5.75 Å². The Morgan fingerprint density at radius 3 is 2.58 bits per heavy atom. The van der Waals surface area contributed by atoms with E-state index < -0.39 is 12.1 Å². The van der Waals surface area contributed by atoms with Gasteiger partial charge in [-0.1, -0.05) is 23.2 Å². The predicted octanol–water partition coefficient (Wildman–Crippen LogP) is 2.30. The maximum absolute atomic E-state index is 12.2. The van der Waals surface area contributed by atoms with E-state index in [2.05, 4.69) is 10.6 Å². The Kier molecular flexibility index (Phi) is 6.27. The molecule has 0 radical (unpaired) electrons. The number of hydrogen-bond acceptors (Lipinski definition) is 4. The molecule has 0 aliphatic heterocycles. The Balaban J connectivity index is 1.44. The molecule has 1 aromatic rings. The van der Waals surface area contributed by atoms with E-state index >= 15 is 0 Å². The third kappa shape index (κ3) is 4.81. The van der Waals surface area contributed by atoms with Crippen LogP contribution in [0.3, 0.4) is 0 Å². The normalized spacial score (nSPS) is 25.4. The molecule has 26 heavy (non-hydrogen) atoms. The monoisotopic (exact) mass is 400 g/mol. The third-order valence-electron chi connectivity index (χ3n) is 4.96. The number of aliphatic hydroxyl groups excluding tert-OH is 1. The van der Waals surface area contributed by atoms with Crippen molar-refractivity contribution in [2.45, 2.75) is 50.3 Å². The third-order valence-corrected chi connectivity index (χ3v) is 5.70. The highest BCUT2D eigenvalue weighted by Crippen LogP contribution is 2.28. The molecular formula is C18H22Cl2N2O4. The molecule has 2 fully saturated rings. The first-order valence-corrected chi connectivity index (χ1v) is 9.53. The maximum atomic E-state index is 12.2. The molecule has 3 N–H and O–H groups in total. The van der Waals surface area contributed by atoms with E-state index in [-0.39, 0.29) is 30.4 Å². The fourth-order valence-corrected chi connectivity index (χ4v) is 3.51. The van der Waals surface area contributed by atoms with Gasteiger partial charge in [0.2, 0.25) is 5.91 Å². The molecule has 0 unspecified atom stereocenters. The Bertz CT molecular complexity index is 681. The summed E-state index contributed by atoms with van der Waals surface area (Å²) in [6.45, 7) is -0.208. The van der Waals surface area contributed by atoms with E-state index in [4.69, 9.17) is 27.9 Å². The molecule has 0 spiro atoms. The maximum Gasteiger partial charge on any atom is 0.258 e. The zero-order chi connectivity index (χ0) is 18.7. The Labute approximate surface area is 162 Å². The molecule has 3 rings (SSSR count). The number of carbonyl (C=O) groups is 2. The minimum Gasteiger partial charge on any atom is -0.484 e. The summed E-state index contributed by atoms with van der Waals surface area (Å²) in [5.41, 5.74) is 0. The van der Waals surface area contributed by atoms with Crippen LogP contribution in [-0.2, 0) is 9.59 Å². The van der Waals surface area contributed by atoms with E-state index in [1.807, 2.05) is 0 Å². The number of nitrogens with one attached hydrogen (secondary N) is 2. The molecule has 0 saturated heterocycles. The van der Waals surface area contributed by atoms with Gasteiger partial charge in [-0.05, 0) is 44.2 Å². The highest BCUT2D eigenvalue weighted by molar-refractivity contribution is 6.42. The summed E-state index contributed by atoms with van der Waals surface area (Å²) in [6, 6.07) is 4.56. The van der Waals surface area contributed by atoms with Gasteiger partial charge >= 0.3 is 0 Å². The smallest absolute Gasteiger partial charge is 0.258 e. The van der Waals surface area contributed by atoms with E-state index in [1.54, 1.807) is 12.1 Å². The molecule has 2 amide bonds. The van der Waals surface area contributed by atoms with Crippen LogP contribution in [0.1, 0.15) is 32.1 Å². The highest BCUT2D eigenvalue weighted by Gasteiger charge is 2.38. The zero-order valence-electron chi connectivity index (χ0n) is 14.2. The summed E-state index contributed by atoms with van der Waals surface area (Å²) in [7, 11) is 0. The zero-order valence-corrected chi connectivity index (χ0v) is 15.7. The van der Waals surface area contributed by atoms with Crippen molar-refractivity contribution in [1.29, 1.82) is 0 Å². The van der Waals surface area contributed by atoms with E-state index in [0.29, 0.717) is 28.6 Å². The fourth-order valence-electron chi connectivity index (χ4n) is 3.22. The molecule has 6 nitrogen and oxygen atoms in total. The van der Waals surface area contributed by atoms with Gasteiger partial charge in [0.05, 0.1) is 22.2 Å². The van der Waals surface area contributed by atoms with Crippen molar-refractivity contribution in [3.63, 3.8) is 0 Å². The van der Waals surface area contributed by atoms with Gasteiger partial charge in [-0.25, -0.2) is 0 Å². The van der Waals surface area contributed by atoms with Crippen LogP contribution in [0.15, 0.2) is 18.2 Å². The van der Waals surface area contributed by atoms with Crippen LogP contribution < -0.4 is 15.4 Å². The number of aliphatic hydroxyl groups is 1. The van der Waals surface area contributed by atoms with Gasteiger partial charge in [0.15, 0.2) is 6.61 Å². The van der Waals surface area contributed by atoms with Gasteiger partial charge in [0, 0.05) is 18.0 Å². The van der Waals surface area contributed by atoms with Gasteiger partial charge in [-0.3, -0.25) is 9.59 Å². The van der Waals surface area contributed by atoms with E-state index in [1.165, 1.54) is 6.07 Å². The van der Waals surface area contributed by atoms with Crippen LogP contribution in [0.25, 0.3) is 0 Å². The predicted molar refractivity (Wildman–Crippen MR) is 98.4 cm³/mol. The lowest BCUT2D eigenvalue weighted by Crippen LogP contribution is -2.43. The molecular weight excluding hydrogens is 379 g/mol. The lowest BCUT2D eigenvalue weighted by Gasteiger charge is -2.27. The summed E-state index contributed by atoms with van der Waals surface area (Å²) in [4.78, 5) is 24.3. The summed E-state index contributed by atoms with van der Waals surface area (Å²) >= 11 is 11.7. The van der Waals surface area contributed by atoms with E-state index in [9.17, 15) is 14.7 Å². The van der Waals surface area contributed by atoms with Crippen LogP contribution in [0.2, 0.25) is 10.0 Å². The summed E-state index contributed by atoms with van der Waals surface area (Å²) in [6.07, 6.45) is 3.24. The number of halogens is 2. The van der Waals surface area contributed by atoms with Crippen LogP contribution in [0, 0.1) is 5.92 Å². The van der Waals surface area contributed by atoms with Crippen molar-refractivity contribution < 1.29 is 19.4 Å². The summed E-state index contributed by atoms with van der Waals surface area (Å²) < 4.78 is 5.38. The van der Waals surface area contributed by atoms with Crippen molar-refractivity contribution in [3.8, 4) is 5.75 Å². The minimum absolute atomic E-state index is 0.0300. The molecule has 2 aliphatic rings. The van der Waals surface area contributed by atoms with Crippen LogP contribution >= 0.6 is 23.2 Å². The molecule has 8 heteroatoms. The number of hydrogen-bond donors (Lipinski definition) is 3. The van der Waals surface area contributed by atoms with Crippen molar-refractivity contribution in [2.24, 2.45) is 5.92 Å². The van der Waals surface area contributed by atoms with Gasteiger partial charge in [-0.2, -0.15) is 0 Å². The number of benzene rings is 1. The second-order valence-corrected chi connectivity index (χ2v) is 7.73. The average molecular weight is 401 g/mol. The molecule has 2 saturated carbocycles. The molecule has 2 aliphatic carbocycles. The fraction of sp³-hybridized carbons (Fsp3) is 0.556. The molecule has 0 heterocycles. The molecule has 0 bridgehead atoms. The molecule has 1 aromatic carbocycles. The topological polar surface area (TPSA) is 87.7 Å². The van der Waals surface area contributed by atoms with Gasteiger partial charge in [0.25, 0.3) is 5.91 Å². The van der Waals surface area contributed by atoms with Crippen LogP contribution in [-0.4, -0.2) is 41.7 Å². The molecule has 3 atom stereocenters. The number of rotatable bonds is 6. The lowest BCUT2D eigenvalue weighted by atomic mass is 9.92. The van der Waals surface area contributed by atoms with Gasteiger partial charge in [-0.15, -0.1) is 0 Å². The van der Waals surface area contributed by atoms with Crippen molar-refractivity contribution in [2.75, 3.05) is 6.61 Å². The number of amides is 2. The Morgan fingerprint density at radius 1 is 1.15 bits per heavy atom. The quantitative estimate of drug-likeness (QED) is 0.683. The largest absolute Gasteiger partial charge is 0.484 e. The Hall–Kier alpha value is -1.50. The van der Waals surface area contributed by atoms with Crippen molar-refractivity contribution >= 4 is 35.0 Å². The number of ether oxygens (including phenoxy) is 1. The second-order valence-electron chi connectivity index (χ2n) is 6.91.